The second-order valence-corrected chi connectivity index (χ2v) is 5.15. The van der Waals surface area contributed by atoms with Gasteiger partial charge in [-0.1, -0.05) is 6.92 Å². The Kier molecular flexibility index (Phi) is 4.43. The third-order valence-corrected chi connectivity index (χ3v) is 3.85. The Hall–Kier alpha value is -0.840. The maximum atomic E-state index is 6.28. The van der Waals surface area contributed by atoms with Crippen LogP contribution < -0.4 is 5.73 Å². The highest BCUT2D eigenvalue weighted by atomic mass is 16.5. The van der Waals surface area contributed by atoms with E-state index in [0.29, 0.717) is 6.04 Å². The first-order valence-corrected chi connectivity index (χ1v) is 6.75. The second kappa shape index (κ2) is 5.87. The van der Waals surface area contributed by atoms with Crippen molar-refractivity contribution < 1.29 is 9.15 Å². The minimum Gasteiger partial charge on any atom is -0.465 e. The van der Waals surface area contributed by atoms with Crippen molar-refractivity contribution in [1.82, 2.24) is 4.90 Å². The molecule has 1 fully saturated rings. The van der Waals surface area contributed by atoms with Gasteiger partial charge in [0.05, 0.1) is 12.6 Å². The first-order chi connectivity index (χ1) is 8.63. The molecular formula is C14H24N2O2. The molecule has 3 unspecified atom stereocenters. The largest absolute Gasteiger partial charge is 0.465 e. The summed E-state index contributed by atoms with van der Waals surface area (Å²) in [5.74, 6) is 1.91. The molecule has 4 heteroatoms. The highest BCUT2D eigenvalue weighted by molar-refractivity contribution is 5.12. The van der Waals surface area contributed by atoms with E-state index in [1.165, 1.54) is 0 Å². The van der Waals surface area contributed by atoms with Crippen LogP contribution in [0.3, 0.4) is 0 Å². The summed E-state index contributed by atoms with van der Waals surface area (Å²) in [6.45, 7) is 5.73. The number of hydrogen-bond donors (Lipinski definition) is 1. The summed E-state index contributed by atoms with van der Waals surface area (Å²) in [5.41, 5.74) is 6.28. The lowest BCUT2D eigenvalue weighted by molar-refractivity contribution is 0.107. The molecule has 1 aliphatic rings. The molecule has 0 aliphatic carbocycles. The van der Waals surface area contributed by atoms with Gasteiger partial charge >= 0.3 is 0 Å². The van der Waals surface area contributed by atoms with Crippen molar-refractivity contribution in [3.8, 4) is 0 Å². The monoisotopic (exact) mass is 252 g/mol. The van der Waals surface area contributed by atoms with Crippen LogP contribution in [-0.2, 0) is 4.74 Å². The highest BCUT2D eigenvalue weighted by Crippen LogP contribution is 2.29. The van der Waals surface area contributed by atoms with Gasteiger partial charge in [-0.2, -0.15) is 0 Å². The van der Waals surface area contributed by atoms with Gasteiger partial charge in [0.15, 0.2) is 0 Å². The zero-order chi connectivity index (χ0) is 13.1. The Morgan fingerprint density at radius 2 is 2.28 bits per heavy atom. The van der Waals surface area contributed by atoms with E-state index in [9.17, 15) is 0 Å². The van der Waals surface area contributed by atoms with Gasteiger partial charge in [-0.05, 0) is 38.9 Å². The zero-order valence-electron chi connectivity index (χ0n) is 11.6. The molecule has 1 aromatic rings. The van der Waals surface area contributed by atoms with Crippen LogP contribution in [0.1, 0.15) is 37.3 Å². The van der Waals surface area contributed by atoms with Crippen molar-refractivity contribution in [2.24, 2.45) is 5.73 Å². The van der Waals surface area contributed by atoms with E-state index in [1.54, 1.807) is 0 Å². The molecule has 1 aromatic heterocycles. The molecule has 4 nitrogen and oxygen atoms in total. The Morgan fingerprint density at radius 1 is 1.50 bits per heavy atom. The normalized spacial score (nSPS) is 23.5. The molecule has 18 heavy (non-hydrogen) atoms. The minimum absolute atomic E-state index is 0.0844. The molecule has 2 heterocycles. The lowest BCUT2D eigenvalue weighted by atomic mass is 10.0. The standard InChI is InChI=1S/C14H24N2O2/c1-4-12(15)14(13-6-5-10(2)18-13)16(3)11-7-8-17-9-11/h5-6,11-12,14H,4,7-9,15H2,1-3H3. The number of likely N-dealkylation sites (N-methyl/N-ethyl adjacent to an activating group) is 1. The fraction of sp³-hybridized carbons (Fsp3) is 0.714. The molecule has 0 aromatic carbocycles. The number of nitrogens with two attached hydrogens (primary N) is 1. The summed E-state index contributed by atoms with van der Waals surface area (Å²) in [7, 11) is 2.12. The number of nitrogens with zero attached hydrogens (tertiary/aromatic N) is 1. The van der Waals surface area contributed by atoms with Gasteiger partial charge in [0.25, 0.3) is 0 Å². The van der Waals surface area contributed by atoms with Crippen molar-refractivity contribution in [3.05, 3.63) is 23.7 Å². The molecule has 3 atom stereocenters. The lowest BCUT2D eigenvalue weighted by Crippen LogP contribution is -2.44. The average molecular weight is 252 g/mol. The molecule has 0 spiro atoms. The highest BCUT2D eigenvalue weighted by Gasteiger charge is 2.32. The van der Waals surface area contributed by atoms with Gasteiger partial charge in [0.1, 0.15) is 11.5 Å². The fourth-order valence-electron chi connectivity index (χ4n) is 2.62. The fourth-order valence-corrected chi connectivity index (χ4v) is 2.62. The molecule has 0 bridgehead atoms. The summed E-state index contributed by atoms with van der Waals surface area (Å²) in [4.78, 5) is 2.32. The van der Waals surface area contributed by atoms with Gasteiger partial charge < -0.3 is 14.9 Å². The average Bonchev–Trinajstić information content (AvgIpc) is 3.00. The number of furan rings is 1. The SMILES string of the molecule is CCC(N)C(c1ccc(C)o1)N(C)C1CCOC1. The van der Waals surface area contributed by atoms with Gasteiger partial charge in [0, 0.05) is 18.7 Å². The third kappa shape index (κ3) is 2.76. The second-order valence-electron chi connectivity index (χ2n) is 5.15. The maximum absolute atomic E-state index is 6.28. The third-order valence-electron chi connectivity index (χ3n) is 3.85. The summed E-state index contributed by atoms with van der Waals surface area (Å²) >= 11 is 0. The Morgan fingerprint density at radius 3 is 2.78 bits per heavy atom. The van der Waals surface area contributed by atoms with E-state index in [4.69, 9.17) is 14.9 Å². The predicted molar refractivity (Wildman–Crippen MR) is 71.4 cm³/mol. The quantitative estimate of drug-likeness (QED) is 0.871. The van der Waals surface area contributed by atoms with Gasteiger partial charge in [-0.15, -0.1) is 0 Å². The smallest absolute Gasteiger partial charge is 0.122 e. The number of hydrogen-bond acceptors (Lipinski definition) is 4. The topological polar surface area (TPSA) is 51.6 Å². The minimum atomic E-state index is 0.0844. The van der Waals surface area contributed by atoms with Crippen LogP contribution in [0.25, 0.3) is 0 Å². The van der Waals surface area contributed by atoms with Crippen LogP contribution in [0.2, 0.25) is 0 Å². The molecular weight excluding hydrogens is 228 g/mol. The molecule has 0 radical (unpaired) electrons. The summed E-state index contributed by atoms with van der Waals surface area (Å²) in [5, 5.41) is 0. The number of rotatable bonds is 5. The van der Waals surface area contributed by atoms with Crippen LogP contribution in [0.15, 0.2) is 16.5 Å². The molecule has 1 saturated heterocycles. The Bertz CT molecular complexity index is 372. The van der Waals surface area contributed by atoms with E-state index in [2.05, 4.69) is 18.9 Å². The lowest BCUT2D eigenvalue weighted by Gasteiger charge is -2.34. The molecule has 0 amide bonds. The maximum Gasteiger partial charge on any atom is 0.122 e. The van der Waals surface area contributed by atoms with Crippen LogP contribution in [-0.4, -0.2) is 37.2 Å². The van der Waals surface area contributed by atoms with Crippen molar-refractivity contribution >= 4 is 0 Å². The van der Waals surface area contributed by atoms with E-state index < -0.39 is 0 Å². The molecule has 102 valence electrons. The van der Waals surface area contributed by atoms with Gasteiger partial charge in [-0.25, -0.2) is 0 Å². The van der Waals surface area contributed by atoms with Crippen LogP contribution >= 0.6 is 0 Å². The van der Waals surface area contributed by atoms with Crippen molar-refractivity contribution in [2.45, 2.75) is 44.8 Å². The van der Waals surface area contributed by atoms with E-state index in [0.717, 1.165) is 37.6 Å². The molecule has 1 aliphatic heterocycles. The van der Waals surface area contributed by atoms with Gasteiger partial charge in [0.2, 0.25) is 0 Å². The Labute approximate surface area is 109 Å². The number of aryl methyl sites for hydroxylation is 1. The van der Waals surface area contributed by atoms with E-state index in [1.807, 2.05) is 19.1 Å². The first kappa shape index (κ1) is 13.6. The summed E-state index contributed by atoms with van der Waals surface area (Å²) in [6.07, 6.45) is 2.01. The van der Waals surface area contributed by atoms with Crippen LogP contribution in [0.5, 0.6) is 0 Å². The number of ether oxygens (including phenoxy) is 1. The van der Waals surface area contributed by atoms with E-state index >= 15 is 0 Å². The summed E-state index contributed by atoms with van der Waals surface area (Å²) < 4.78 is 11.3. The molecule has 2 N–H and O–H groups in total. The summed E-state index contributed by atoms with van der Waals surface area (Å²) in [6, 6.07) is 4.71. The zero-order valence-corrected chi connectivity index (χ0v) is 11.6. The Balaban J connectivity index is 2.18. The first-order valence-electron chi connectivity index (χ1n) is 6.75. The van der Waals surface area contributed by atoms with Crippen molar-refractivity contribution in [3.63, 3.8) is 0 Å². The van der Waals surface area contributed by atoms with Crippen molar-refractivity contribution in [2.75, 3.05) is 20.3 Å². The van der Waals surface area contributed by atoms with E-state index in [-0.39, 0.29) is 12.1 Å². The van der Waals surface area contributed by atoms with Crippen LogP contribution in [0, 0.1) is 6.92 Å². The predicted octanol–water partition coefficient (Wildman–Crippen LogP) is 2.09. The molecule has 0 saturated carbocycles. The molecule has 2 rings (SSSR count). The van der Waals surface area contributed by atoms with Gasteiger partial charge in [-0.3, -0.25) is 4.90 Å². The van der Waals surface area contributed by atoms with Crippen LogP contribution in [0.4, 0.5) is 0 Å². The van der Waals surface area contributed by atoms with Crippen molar-refractivity contribution in [1.29, 1.82) is 0 Å².